The monoisotopic (exact) mass is 336 g/mol. The van der Waals surface area contributed by atoms with Crippen LogP contribution in [0.4, 0.5) is 0 Å². The van der Waals surface area contributed by atoms with Crippen molar-refractivity contribution in [3.05, 3.63) is 38.0 Å². The van der Waals surface area contributed by atoms with Gasteiger partial charge in [0.15, 0.2) is 0 Å². The fourth-order valence-corrected chi connectivity index (χ4v) is 0.389. The van der Waals surface area contributed by atoms with Crippen LogP contribution in [-0.4, -0.2) is 54.8 Å². The number of carbonyl (C=O) groups excluding carboxylic acids is 2. The normalized spacial score (nSPS) is 8.32. The molecule has 0 heterocycles. The number of nitrogens with two attached hydrogens (primary N) is 1. The van der Waals surface area contributed by atoms with Crippen LogP contribution in [0, 0.1) is 0 Å². The van der Waals surface area contributed by atoms with E-state index in [-0.39, 0.29) is 18.4 Å². The van der Waals surface area contributed by atoms with Crippen LogP contribution >= 0.6 is 0 Å². The Balaban J connectivity index is -0.000000124. The lowest BCUT2D eigenvalue weighted by Crippen LogP contribution is -3.00. The summed E-state index contributed by atoms with van der Waals surface area (Å²) in [4.78, 5) is 29.3. The summed E-state index contributed by atoms with van der Waals surface area (Å²) in [6.45, 7) is 12.7. The summed E-state index contributed by atoms with van der Waals surface area (Å²) in [5.74, 6) is -1.82. The molecular formula is C14H25ClN2O5. The number of amides is 1. The molecule has 0 saturated heterocycles. The number of nitrogens with zero attached hydrogens (tertiary/aromatic N) is 1. The molecule has 0 aromatic heterocycles. The van der Waals surface area contributed by atoms with E-state index in [1.165, 1.54) is 6.08 Å². The van der Waals surface area contributed by atoms with Gasteiger partial charge < -0.3 is 28.0 Å². The summed E-state index contributed by atoms with van der Waals surface area (Å²) in [5, 5.41) is 7.60. The molecule has 7 nitrogen and oxygen atoms in total. The number of carboxylic acids is 1. The van der Waals surface area contributed by atoms with Gasteiger partial charge in [-0.3, -0.25) is 9.28 Å². The van der Waals surface area contributed by atoms with Crippen molar-refractivity contribution < 1.29 is 41.1 Å². The number of aliphatic carboxylic acids is 1. The van der Waals surface area contributed by atoms with Gasteiger partial charge >= 0.3 is 11.9 Å². The molecule has 3 N–H and O–H groups in total. The average Bonchev–Trinajstić information content (AvgIpc) is 2.45. The molecule has 0 unspecified atom stereocenters. The number of hydrogen-bond acceptors (Lipinski definition) is 4. The highest BCUT2D eigenvalue weighted by atomic mass is 35.5. The second-order valence-corrected chi connectivity index (χ2v) is 4.20. The van der Waals surface area contributed by atoms with Gasteiger partial charge in [0.25, 0.3) is 0 Å². The molecule has 0 aliphatic heterocycles. The van der Waals surface area contributed by atoms with Crippen molar-refractivity contribution in [1.29, 1.82) is 0 Å². The van der Waals surface area contributed by atoms with E-state index >= 15 is 0 Å². The Kier molecular flexibility index (Phi) is 21.6. The van der Waals surface area contributed by atoms with Crippen molar-refractivity contribution in [2.75, 3.05) is 27.4 Å². The lowest BCUT2D eigenvalue weighted by Gasteiger charge is -2.26. The second kappa shape index (κ2) is 16.9. The molecule has 0 saturated carbocycles. The Morgan fingerprint density at radius 1 is 1.14 bits per heavy atom. The Bertz CT molecular complexity index is 363. The third-order valence-corrected chi connectivity index (χ3v) is 1.95. The summed E-state index contributed by atoms with van der Waals surface area (Å²) >= 11 is 0. The second-order valence-electron chi connectivity index (χ2n) is 4.20. The largest absolute Gasteiger partial charge is 1.00 e. The SMILES string of the molecule is C=CC(=O)O.C=CC(=O)OC[N+](C)(C)CC.C=CC(N)=O.[Cl-]. The molecule has 22 heavy (non-hydrogen) atoms. The predicted molar refractivity (Wildman–Crippen MR) is 81.0 cm³/mol. The summed E-state index contributed by atoms with van der Waals surface area (Å²) in [6, 6.07) is 0. The van der Waals surface area contributed by atoms with Crippen LogP contribution in [0.15, 0.2) is 38.0 Å². The number of carbonyl (C=O) groups is 3. The molecule has 128 valence electrons. The number of halogens is 1. The third-order valence-electron chi connectivity index (χ3n) is 1.95. The maximum atomic E-state index is 10.6. The number of esters is 1. The lowest BCUT2D eigenvalue weighted by molar-refractivity contribution is -0.905. The zero-order valence-corrected chi connectivity index (χ0v) is 14.0. The van der Waals surface area contributed by atoms with Crippen LogP contribution < -0.4 is 18.1 Å². The quantitative estimate of drug-likeness (QED) is 0.245. The van der Waals surface area contributed by atoms with Crippen LogP contribution in [0.25, 0.3) is 0 Å². The third kappa shape index (κ3) is 30.7. The van der Waals surface area contributed by atoms with E-state index < -0.39 is 11.9 Å². The van der Waals surface area contributed by atoms with Gasteiger partial charge in [0.2, 0.25) is 12.6 Å². The van der Waals surface area contributed by atoms with E-state index in [1.54, 1.807) is 0 Å². The van der Waals surface area contributed by atoms with Crippen LogP contribution in [0.2, 0.25) is 0 Å². The van der Waals surface area contributed by atoms with E-state index in [0.717, 1.165) is 18.7 Å². The molecule has 0 aromatic carbocycles. The van der Waals surface area contributed by atoms with E-state index in [2.05, 4.69) is 25.5 Å². The van der Waals surface area contributed by atoms with Crippen molar-refractivity contribution in [1.82, 2.24) is 0 Å². The first-order valence-electron chi connectivity index (χ1n) is 5.94. The minimum absolute atomic E-state index is 0. The number of hydrogen-bond donors (Lipinski definition) is 2. The highest BCUT2D eigenvalue weighted by Gasteiger charge is 2.12. The van der Waals surface area contributed by atoms with Crippen molar-refractivity contribution >= 4 is 17.8 Å². The zero-order chi connectivity index (χ0) is 17.5. The molecule has 0 atom stereocenters. The first-order valence-corrected chi connectivity index (χ1v) is 5.94. The van der Waals surface area contributed by atoms with Crippen LogP contribution in [0.5, 0.6) is 0 Å². The van der Waals surface area contributed by atoms with E-state index in [0.29, 0.717) is 11.2 Å². The van der Waals surface area contributed by atoms with Gasteiger partial charge in [-0.1, -0.05) is 19.7 Å². The van der Waals surface area contributed by atoms with Crippen LogP contribution in [0.1, 0.15) is 6.92 Å². The molecule has 1 amide bonds. The van der Waals surface area contributed by atoms with Crippen LogP contribution in [-0.2, 0) is 19.1 Å². The van der Waals surface area contributed by atoms with E-state index in [4.69, 9.17) is 9.84 Å². The molecule has 0 aliphatic carbocycles. The van der Waals surface area contributed by atoms with Crippen molar-refractivity contribution in [2.24, 2.45) is 5.73 Å². The van der Waals surface area contributed by atoms with E-state index in [9.17, 15) is 14.4 Å². The number of primary amides is 1. The summed E-state index contributed by atoms with van der Waals surface area (Å²) in [7, 11) is 3.99. The molecule has 0 aromatic rings. The van der Waals surface area contributed by atoms with Crippen molar-refractivity contribution in [3.63, 3.8) is 0 Å². The fourth-order valence-electron chi connectivity index (χ4n) is 0.389. The molecule has 0 radical (unpaired) electrons. The molecule has 0 spiro atoms. The highest BCUT2D eigenvalue weighted by Crippen LogP contribution is 1.95. The van der Waals surface area contributed by atoms with Crippen LogP contribution in [0.3, 0.4) is 0 Å². The molecule has 0 aliphatic rings. The summed E-state index contributed by atoms with van der Waals surface area (Å²) < 4.78 is 5.54. The highest BCUT2D eigenvalue weighted by molar-refractivity contribution is 5.85. The summed E-state index contributed by atoms with van der Waals surface area (Å²) in [6.07, 6.45) is 3.07. The number of carboxylic acid groups (broad SMARTS) is 1. The Morgan fingerprint density at radius 3 is 1.68 bits per heavy atom. The topological polar surface area (TPSA) is 107 Å². The van der Waals surface area contributed by atoms with Gasteiger partial charge in [-0.25, -0.2) is 9.59 Å². The predicted octanol–water partition coefficient (Wildman–Crippen LogP) is -2.31. The maximum Gasteiger partial charge on any atom is 0.334 e. The fraction of sp³-hybridized carbons (Fsp3) is 0.357. The van der Waals surface area contributed by atoms with Gasteiger partial charge in [-0.2, -0.15) is 0 Å². The average molecular weight is 337 g/mol. The minimum atomic E-state index is -0.981. The van der Waals surface area contributed by atoms with Gasteiger partial charge in [0.1, 0.15) is 0 Å². The van der Waals surface area contributed by atoms with E-state index in [1.807, 2.05) is 21.0 Å². The molecule has 8 heteroatoms. The first-order chi connectivity index (χ1) is 9.56. The Morgan fingerprint density at radius 2 is 1.50 bits per heavy atom. The maximum absolute atomic E-state index is 10.6. The molecule has 0 fully saturated rings. The molecular weight excluding hydrogens is 312 g/mol. The Hall–Kier alpha value is -2.12. The smallest absolute Gasteiger partial charge is 0.334 e. The zero-order valence-electron chi connectivity index (χ0n) is 13.3. The first kappa shape index (κ1) is 28.1. The standard InChI is InChI=1S/C8H16NO2.C3H5NO.C3H4O2.ClH/c1-5-8(10)11-7-9(3,4)6-2;2*1-2-3(4)5;/h5H,1,6-7H2,2-4H3;2H,1H2,(H2,4,5);2H,1H2,(H,4,5);1H/q+1;;;/p-1. The van der Waals surface area contributed by atoms with Gasteiger partial charge in [-0.05, 0) is 13.0 Å². The number of rotatable bonds is 6. The van der Waals surface area contributed by atoms with Crippen molar-refractivity contribution in [3.8, 4) is 0 Å². The number of ether oxygens (including phenoxy) is 1. The Labute approximate surface area is 137 Å². The van der Waals surface area contributed by atoms with Gasteiger partial charge in [-0.15, -0.1) is 0 Å². The van der Waals surface area contributed by atoms with Gasteiger partial charge in [0.05, 0.1) is 20.6 Å². The van der Waals surface area contributed by atoms with Gasteiger partial charge in [0, 0.05) is 12.2 Å². The number of quaternary nitrogens is 1. The lowest BCUT2D eigenvalue weighted by atomic mass is 10.5. The molecule has 0 rings (SSSR count). The molecule has 0 bridgehead atoms. The van der Waals surface area contributed by atoms with Crippen molar-refractivity contribution in [2.45, 2.75) is 6.92 Å². The summed E-state index contributed by atoms with van der Waals surface area (Å²) in [5.41, 5.74) is 4.53. The minimum Gasteiger partial charge on any atom is -1.00 e.